The molecule has 0 amide bonds. The number of phosphoric acid groups is 1. The molecule has 0 aliphatic rings. The van der Waals surface area contributed by atoms with Gasteiger partial charge in [-0.25, -0.2) is 4.57 Å². The van der Waals surface area contributed by atoms with Crippen LogP contribution in [-0.4, -0.2) is 49.3 Å². The summed E-state index contributed by atoms with van der Waals surface area (Å²) >= 11 is 0. The number of carbonyl (C=O) groups is 2. The lowest BCUT2D eigenvalue weighted by Crippen LogP contribution is -2.29. The minimum atomic E-state index is -4.40. The lowest BCUT2D eigenvalue weighted by molar-refractivity contribution is -0.161. The molecule has 352 valence electrons. The normalized spacial score (nSPS) is 13.8. The van der Waals surface area contributed by atoms with E-state index in [2.05, 4.69) is 74.6 Å². The summed E-state index contributed by atoms with van der Waals surface area (Å²) in [5.74, 6) is -0.924. The number of unbranched alkanes of at least 4 members (excludes halogenated alkanes) is 20. The van der Waals surface area contributed by atoms with Gasteiger partial charge in [0.25, 0.3) is 0 Å². The van der Waals surface area contributed by atoms with E-state index < -0.39 is 32.5 Å². The number of ether oxygens (including phenoxy) is 2. The number of rotatable bonds is 45. The van der Waals surface area contributed by atoms with E-state index in [1.807, 2.05) is 12.2 Å². The first-order chi connectivity index (χ1) is 29.8. The number of hydrogen-bond donors (Lipinski definition) is 2. The fourth-order valence-electron chi connectivity index (χ4n) is 6.54. The van der Waals surface area contributed by atoms with Crippen LogP contribution in [0.2, 0.25) is 0 Å². The second kappa shape index (κ2) is 46.9. The highest BCUT2D eigenvalue weighted by Crippen LogP contribution is 2.43. The van der Waals surface area contributed by atoms with E-state index in [-0.39, 0.29) is 32.6 Å². The molecule has 0 aliphatic carbocycles. The molecular formula is C51H90NO8P. The van der Waals surface area contributed by atoms with Crippen molar-refractivity contribution in [1.29, 1.82) is 0 Å². The summed E-state index contributed by atoms with van der Waals surface area (Å²) in [6, 6.07) is 0. The third-order valence-corrected chi connectivity index (χ3v) is 11.1. The topological polar surface area (TPSA) is 134 Å². The second-order valence-corrected chi connectivity index (χ2v) is 17.4. The van der Waals surface area contributed by atoms with Crippen LogP contribution in [0.15, 0.2) is 72.9 Å². The van der Waals surface area contributed by atoms with Gasteiger partial charge in [-0.15, -0.1) is 0 Å². The summed E-state index contributed by atoms with van der Waals surface area (Å²) in [6.45, 7) is 3.55. The molecule has 0 spiro atoms. The fraction of sp³-hybridized carbons (Fsp3) is 0.725. The highest BCUT2D eigenvalue weighted by Gasteiger charge is 2.25. The SMILES string of the molecule is CCC=CCC=CCC=CCC=CCC=CCC=CCCC(=O)O[C@H](COC(=O)CCCCCCCCCCCCCCCCCCCCCCC)COP(=O)(O)OCCN. The van der Waals surface area contributed by atoms with Gasteiger partial charge in [0.2, 0.25) is 0 Å². The Hall–Kier alpha value is -2.55. The van der Waals surface area contributed by atoms with Crippen LogP contribution in [0.25, 0.3) is 0 Å². The van der Waals surface area contributed by atoms with Gasteiger partial charge in [0.05, 0.1) is 13.2 Å². The van der Waals surface area contributed by atoms with Crippen LogP contribution >= 0.6 is 7.82 Å². The Labute approximate surface area is 373 Å². The quantitative estimate of drug-likeness (QED) is 0.0265. The molecule has 61 heavy (non-hydrogen) atoms. The number of esters is 2. The largest absolute Gasteiger partial charge is 0.472 e. The molecular weight excluding hydrogens is 786 g/mol. The average molecular weight is 876 g/mol. The third-order valence-electron chi connectivity index (χ3n) is 10.1. The summed E-state index contributed by atoms with van der Waals surface area (Å²) in [6.07, 6.45) is 58.2. The molecule has 0 rings (SSSR count). The average Bonchev–Trinajstić information content (AvgIpc) is 3.25. The summed E-state index contributed by atoms with van der Waals surface area (Å²) in [5, 5.41) is 0. The lowest BCUT2D eigenvalue weighted by Gasteiger charge is -2.19. The molecule has 0 bridgehead atoms. The molecule has 0 saturated heterocycles. The second-order valence-electron chi connectivity index (χ2n) is 16.0. The minimum Gasteiger partial charge on any atom is -0.462 e. The summed E-state index contributed by atoms with van der Waals surface area (Å²) in [5.41, 5.74) is 5.35. The van der Waals surface area contributed by atoms with Crippen molar-refractivity contribution in [2.24, 2.45) is 5.73 Å². The van der Waals surface area contributed by atoms with Gasteiger partial charge in [0.1, 0.15) is 6.61 Å². The van der Waals surface area contributed by atoms with Crippen molar-refractivity contribution >= 4 is 19.8 Å². The van der Waals surface area contributed by atoms with Crippen molar-refractivity contribution < 1.29 is 37.6 Å². The highest BCUT2D eigenvalue weighted by molar-refractivity contribution is 7.47. The van der Waals surface area contributed by atoms with Gasteiger partial charge in [-0.05, 0) is 51.4 Å². The molecule has 0 aromatic rings. The van der Waals surface area contributed by atoms with Crippen LogP contribution in [0.1, 0.15) is 206 Å². The fourth-order valence-corrected chi connectivity index (χ4v) is 7.31. The van der Waals surface area contributed by atoms with E-state index in [4.69, 9.17) is 24.3 Å². The van der Waals surface area contributed by atoms with Crippen molar-refractivity contribution in [1.82, 2.24) is 0 Å². The van der Waals surface area contributed by atoms with Gasteiger partial charge >= 0.3 is 19.8 Å². The van der Waals surface area contributed by atoms with Crippen molar-refractivity contribution in [3.05, 3.63) is 72.9 Å². The molecule has 2 atom stereocenters. The Morgan fingerprint density at radius 1 is 0.508 bits per heavy atom. The maximum Gasteiger partial charge on any atom is 0.472 e. The molecule has 0 aromatic heterocycles. The van der Waals surface area contributed by atoms with Gasteiger partial charge in [-0.2, -0.15) is 0 Å². The molecule has 0 radical (unpaired) electrons. The summed E-state index contributed by atoms with van der Waals surface area (Å²) in [4.78, 5) is 35.0. The number of phosphoric ester groups is 1. The Kier molecular flexibility index (Phi) is 45.0. The van der Waals surface area contributed by atoms with Crippen molar-refractivity contribution in [3.63, 3.8) is 0 Å². The van der Waals surface area contributed by atoms with E-state index >= 15 is 0 Å². The van der Waals surface area contributed by atoms with Crippen LogP contribution < -0.4 is 5.73 Å². The van der Waals surface area contributed by atoms with Gasteiger partial charge in [0.15, 0.2) is 6.10 Å². The molecule has 1 unspecified atom stereocenters. The number of carbonyl (C=O) groups excluding carboxylic acids is 2. The first kappa shape index (κ1) is 58.5. The van der Waals surface area contributed by atoms with E-state index in [0.29, 0.717) is 6.42 Å². The molecule has 0 heterocycles. The maximum absolute atomic E-state index is 12.6. The first-order valence-electron chi connectivity index (χ1n) is 24.4. The predicted molar refractivity (Wildman–Crippen MR) is 256 cm³/mol. The summed E-state index contributed by atoms with van der Waals surface area (Å²) < 4.78 is 32.8. The Morgan fingerprint density at radius 2 is 0.902 bits per heavy atom. The zero-order chi connectivity index (χ0) is 44.6. The van der Waals surface area contributed by atoms with Crippen LogP contribution in [-0.2, 0) is 32.7 Å². The van der Waals surface area contributed by atoms with E-state index in [1.54, 1.807) is 0 Å². The predicted octanol–water partition coefficient (Wildman–Crippen LogP) is 14.6. The van der Waals surface area contributed by atoms with Crippen LogP contribution in [0.3, 0.4) is 0 Å². The zero-order valence-corrected chi connectivity index (χ0v) is 39.8. The minimum absolute atomic E-state index is 0.0398. The monoisotopic (exact) mass is 876 g/mol. The van der Waals surface area contributed by atoms with Crippen LogP contribution in [0.4, 0.5) is 0 Å². The molecule has 10 heteroatoms. The van der Waals surface area contributed by atoms with E-state index in [9.17, 15) is 19.0 Å². The van der Waals surface area contributed by atoms with Gasteiger partial charge in [0, 0.05) is 19.4 Å². The van der Waals surface area contributed by atoms with Gasteiger partial charge in [-0.1, -0.05) is 215 Å². The van der Waals surface area contributed by atoms with Gasteiger partial charge in [-0.3, -0.25) is 18.6 Å². The van der Waals surface area contributed by atoms with Gasteiger partial charge < -0.3 is 20.1 Å². The molecule has 3 N–H and O–H groups in total. The summed E-state index contributed by atoms with van der Waals surface area (Å²) in [7, 11) is -4.40. The smallest absolute Gasteiger partial charge is 0.462 e. The number of hydrogen-bond acceptors (Lipinski definition) is 8. The molecule has 9 nitrogen and oxygen atoms in total. The Morgan fingerprint density at radius 3 is 1.31 bits per heavy atom. The molecule has 0 saturated carbocycles. The first-order valence-corrected chi connectivity index (χ1v) is 25.9. The van der Waals surface area contributed by atoms with Crippen molar-refractivity contribution in [3.8, 4) is 0 Å². The van der Waals surface area contributed by atoms with E-state index in [1.165, 1.54) is 116 Å². The van der Waals surface area contributed by atoms with Crippen LogP contribution in [0, 0.1) is 0 Å². The van der Waals surface area contributed by atoms with Crippen molar-refractivity contribution in [2.75, 3.05) is 26.4 Å². The third kappa shape index (κ3) is 46.8. The maximum atomic E-state index is 12.6. The number of allylic oxidation sites excluding steroid dienone is 12. The van der Waals surface area contributed by atoms with Crippen LogP contribution in [0.5, 0.6) is 0 Å². The molecule has 0 aliphatic heterocycles. The number of nitrogens with two attached hydrogens (primary N) is 1. The molecule has 0 fully saturated rings. The lowest BCUT2D eigenvalue weighted by atomic mass is 10.0. The Balaban J connectivity index is 4.17. The van der Waals surface area contributed by atoms with Crippen molar-refractivity contribution in [2.45, 2.75) is 213 Å². The highest BCUT2D eigenvalue weighted by atomic mass is 31.2. The zero-order valence-electron chi connectivity index (χ0n) is 38.9. The van der Waals surface area contributed by atoms with E-state index in [0.717, 1.165) is 57.8 Å². The standard InChI is InChI=1S/C51H90NO8P/c1-3-5-7-9-11-13-15-17-19-21-23-24-26-27-29-31-33-35-37-39-41-43-50(53)57-47-49(48-59-61(55,56)58-46-45-52)60-51(54)44-42-40-38-36-34-32-30-28-25-22-20-18-16-14-12-10-8-6-4-2/h6,8,12,14,18,20,25,28,32,34,38,40,49H,3-5,7,9-11,13,15-17,19,21-24,26-27,29-31,33,35-37,39,41-48,52H2,1-2H3,(H,55,56)/t49-/m1/s1. The molecule has 0 aromatic carbocycles. The Bertz CT molecular complexity index is 1230.